The van der Waals surface area contributed by atoms with Crippen LogP contribution in [0.1, 0.15) is 26.7 Å². The lowest BCUT2D eigenvalue weighted by atomic mass is 10.1. The third-order valence-electron chi connectivity index (χ3n) is 5.00. The number of nitrogens with one attached hydrogen (secondary N) is 2. The summed E-state index contributed by atoms with van der Waals surface area (Å²) in [7, 11) is 0. The van der Waals surface area contributed by atoms with Gasteiger partial charge < -0.3 is 15.5 Å². The number of likely N-dealkylation sites (N-methyl/N-ethyl adjacent to an activating group) is 1. The molecule has 0 bridgehead atoms. The van der Waals surface area contributed by atoms with Crippen LogP contribution in [0.3, 0.4) is 0 Å². The summed E-state index contributed by atoms with van der Waals surface area (Å²) in [5.74, 6) is 0.128. The van der Waals surface area contributed by atoms with Crippen molar-refractivity contribution >= 4 is 41.0 Å². The molecule has 0 aliphatic carbocycles. The van der Waals surface area contributed by atoms with Gasteiger partial charge >= 0.3 is 6.03 Å². The lowest BCUT2D eigenvalue weighted by Gasteiger charge is -2.21. The Morgan fingerprint density at radius 1 is 1.03 bits per heavy atom. The lowest BCUT2D eigenvalue weighted by molar-refractivity contribution is -0.116. The van der Waals surface area contributed by atoms with Crippen LogP contribution in [0.4, 0.5) is 10.6 Å². The van der Waals surface area contributed by atoms with E-state index in [0.29, 0.717) is 40.3 Å². The maximum absolute atomic E-state index is 12.8. The molecule has 9 heteroatoms. The lowest BCUT2D eigenvalue weighted by Crippen LogP contribution is -2.44. The number of hydrogen-bond acceptors (Lipinski definition) is 3. The molecule has 0 saturated carbocycles. The molecule has 2 aromatic carbocycles. The van der Waals surface area contributed by atoms with Crippen LogP contribution in [0.15, 0.2) is 54.6 Å². The van der Waals surface area contributed by atoms with Crippen LogP contribution < -0.4 is 10.6 Å². The molecule has 2 N–H and O–H groups in total. The van der Waals surface area contributed by atoms with E-state index in [9.17, 15) is 9.59 Å². The SMILES string of the molecule is CCCCNC(=O)N(CC)CC(=O)Nc1cc(-c2ccccc2)nn1-c1ccc(Cl)c(Cl)c1. The van der Waals surface area contributed by atoms with Gasteiger partial charge in [-0.05, 0) is 31.5 Å². The van der Waals surface area contributed by atoms with E-state index in [2.05, 4.69) is 22.7 Å². The zero-order chi connectivity index (χ0) is 23.8. The Balaban J connectivity index is 1.84. The van der Waals surface area contributed by atoms with E-state index < -0.39 is 0 Å². The molecule has 3 rings (SSSR count). The van der Waals surface area contributed by atoms with Crippen molar-refractivity contribution in [1.82, 2.24) is 20.0 Å². The van der Waals surface area contributed by atoms with Crippen LogP contribution in [0, 0.1) is 0 Å². The van der Waals surface area contributed by atoms with Crippen LogP contribution in [0.25, 0.3) is 16.9 Å². The van der Waals surface area contributed by atoms with Gasteiger partial charge in [-0.3, -0.25) is 4.79 Å². The molecular formula is C24H27Cl2N5O2. The van der Waals surface area contributed by atoms with Crippen molar-refractivity contribution in [1.29, 1.82) is 0 Å². The molecule has 1 aromatic heterocycles. The first-order valence-corrected chi connectivity index (χ1v) is 11.6. The highest BCUT2D eigenvalue weighted by Gasteiger charge is 2.18. The molecule has 0 atom stereocenters. The van der Waals surface area contributed by atoms with E-state index in [0.717, 1.165) is 18.4 Å². The van der Waals surface area contributed by atoms with Crippen molar-refractivity contribution < 1.29 is 9.59 Å². The Hall–Kier alpha value is -3.03. The quantitative estimate of drug-likeness (QED) is 0.384. The average Bonchev–Trinajstić information content (AvgIpc) is 3.23. The van der Waals surface area contributed by atoms with Gasteiger partial charge in [-0.2, -0.15) is 5.10 Å². The number of rotatable bonds is 9. The van der Waals surface area contributed by atoms with Crippen molar-refractivity contribution in [3.63, 3.8) is 0 Å². The second-order valence-corrected chi connectivity index (χ2v) is 8.25. The fourth-order valence-corrected chi connectivity index (χ4v) is 3.49. The van der Waals surface area contributed by atoms with Gasteiger partial charge in [0, 0.05) is 24.7 Å². The molecule has 0 aliphatic rings. The summed E-state index contributed by atoms with van der Waals surface area (Å²) >= 11 is 12.3. The van der Waals surface area contributed by atoms with Crippen molar-refractivity contribution in [2.45, 2.75) is 26.7 Å². The number of anilines is 1. The van der Waals surface area contributed by atoms with E-state index >= 15 is 0 Å². The smallest absolute Gasteiger partial charge is 0.317 e. The van der Waals surface area contributed by atoms with Crippen LogP contribution in [-0.2, 0) is 4.79 Å². The highest BCUT2D eigenvalue weighted by molar-refractivity contribution is 6.42. The van der Waals surface area contributed by atoms with Crippen LogP contribution in [0.2, 0.25) is 10.0 Å². The predicted octanol–water partition coefficient (Wildman–Crippen LogP) is 5.62. The average molecular weight is 488 g/mol. The van der Waals surface area contributed by atoms with E-state index in [4.69, 9.17) is 23.2 Å². The summed E-state index contributed by atoms with van der Waals surface area (Å²) in [6.45, 7) is 4.80. The van der Waals surface area contributed by atoms with Gasteiger partial charge in [-0.1, -0.05) is 66.9 Å². The molecule has 0 spiro atoms. The molecule has 0 saturated heterocycles. The first-order chi connectivity index (χ1) is 15.9. The molecule has 33 heavy (non-hydrogen) atoms. The number of carbonyl (C=O) groups excluding carboxylic acids is 2. The highest BCUT2D eigenvalue weighted by atomic mass is 35.5. The Morgan fingerprint density at radius 3 is 2.45 bits per heavy atom. The topological polar surface area (TPSA) is 79.3 Å². The third kappa shape index (κ3) is 6.49. The molecule has 1 heterocycles. The first-order valence-electron chi connectivity index (χ1n) is 10.9. The molecule has 3 aromatic rings. The summed E-state index contributed by atoms with van der Waals surface area (Å²) in [5, 5.41) is 11.2. The van der Waals surface area contributed by atoms with Crippen LogP contribution >= 0.6 is 23.2 Å². The normalized spacial score (nSPS) is 10.7. The Bertz CT molecular complexity index is 1100. The highest BCUT2D eigenvalue weighted by Crippen LogP contribution is 2.28. The molecule has 0 unspecified atom stereocenters. The second-order valence-electron chi connectivity index (χ2n) is 7.44. The van der Waals surface area contributed by atoms with Gasteiger partial charge in [0.25, 0.3) is 0 Å². The summed E-state index contributed by atoms with van der Waals surface area (Å²) in [6.07, 6.45) is 1.87. The third-order valence-corrected chi connectivity index (χ3v) is 5.74. The first kappa shape index (κ1) is 24.6. The number of unbranched alkanes of at least 4 members (excludes halogenated alkanes) is 1. The predicted molar refractivity (Wildman–Crippen MR) is 133 cm³/mol. The number of amides is 3. The molecule has 3 amide bonds. The summed E-state index contributed by atoms with van der Waals surface area (Å²) in [4.78, 5) is 26.7. The number of urea groups is 1. The maximum atomic E-state index is 12.8. The van der Waals surface area contributed by atoms with E-state index in [1.165, 1.54) is 4.90 Å². The van der Waals surface area contributed by atoms with Crippen molar-refractivity contribution in [3.05, 3.63) is 64.6 Å². The number of benzene rings is 2. The van der Waals surface area contributed by atoms with Crippen molar-refractivity contribution in [3.8, 4) is 16.9 Å². The number of hydrogen-bond donors (Lipinski definition) is 2. The van der Waals surface area contributed by atoms with Gasteiger partial charge in [0.2, 0.25) is 5.91 Å². The van der Waals surface area contributed by atoms with Gasteiger partial charge in [-0.15, -0.1) is 0 Å². The molecular weight excluding hydrogens is 461 g/mol. The molecule has 0 radical (unpaired) electrons. The minimum Gasteiger partial charge on any atom is -0.338 e. The molecule has 174 valence electrons. The van der Waals surface area contributed by atoms with Crippen molar-refractivity contribution in [2.75, 3.05) is 25.0 Å². The minimum absolute atomic E-state index is 0.0817. The largest absolute Gasteiger partial charge is 0.338 e. The fraction of sp³-hybridized carbons (Fsp3) is 0.292. The van der Waals surface area contributed by atoms with Crippen LogP contribution in [-0.4, -0.2) is 46.3 Å². The summed E-state index contributed by atoms with van der Waals surface area (Å²) < 4.78 is 1.60. The second kappa shape index (κ2) is 11.7. The minimum atomic E-state index is -0.330. The number of carbonyl (C=O) groups is 2. The van der Waals surface area contributed by atoms with E-state index in [1.807, 2.05) is 37.3 Å². The molecule has 7 nitrogen and oxygen atoms in total. The van der Waals surface area contributed by atoms with Gasteiger partial charge in [0.1, 0.15) is 12.4 Å². The number of halogens is 2. The Morgan fingerprint density at radius 2 is 1.79 bits per heavy atom. The van der Waals surface area contributed by atoms with E-state index in [-0.39, 0.29) is 18.5 Å². The zero-order valence-electron chi connectivity index (χ0n) is 18.6. The number of nitrogens with zero attached hydrogens (tertiary/aromatic N) is 3. The van der Waals surface area contributed by atoms with Gasteiger partial charge in [0.05, 0.1) is 21.4 Å². The zero-order valence-corrected chi connectivity index (χ0v) is 20.2. The number of aromatic nitrogens is 2. The van der Waals surface area contributed by atoms with E-state index in [1.54, 1.807) is 28.9 Å². The molecule has 0 aliphatic heterocycles. The van der Waals surface area contributed by atoms with Gasteiger partial charge in [0.15, 0.2) is 0 Å². The van der Waals surface area contributed by atoms with Crippen molar-refractivity contribution in [2.24, 2.45) is 0 Å². The Kier molecular flexibility index (Phi) is 8.74. The van der Waals surface area contributed by atoms with Crippen LogP contribution in [0.5, 0.6) is 0 Å². The van der Waals surface area contributed by atoms with Gasteiger partial charge in [-0.25, -0.2) is 9.48 Å². The standard InChI is InChI=1S/C24H27Cl2N5O2/c1-3-5-13-27-24(33)30(4-2)16-23(32)28-22-15-21(17-9-7-6-8-10-17)29-31(22)18-11-12-19(25)20(26)14-18/h6-12,14-15H,3-5,13,16H2,1-2H3,(H,27,33)(H,28,32). The summed E-state index contributed by atoms with van der Waals surface area (Å²) in [6, 6.07) is 16.3. The monoisotopic (exact) mass is 487 g/mol. The molecule has 0 fully saturated rings. The Labute approximate surface area is 203 Å². The summed E-state index contributed by atoms with van der Waals surface area (Å²) in [5.41, 5.74) is 2.23. The fourth-order valence-electron chi connectivity index (χ4n) is 3.20. The maximum Gasteiger partial charge on any atom is 0.317 e.